The smallest absolute Gasteiger partial charge is 0.252 e. The van der Waals surface area contributed by atoms with Crippen molar-refractivity contribution in [3.05, 3.63) is 17.5 Å². The lowest BCUT2D eigenvalue weighted by atomic mass is 10.4. The third kappa shape index (κ3) is 5.20. The number of carbonyl (C=O) groups is 1. The van der Waals surface area contributed by atoms with Gasteiger partial charge in [0.15, 0.2) is 0 Å². The van der Waals surface area contributed by atoms with Crippen LogP contribution in [-0.4, -0.2) is 64.3 Å². The van der Waals surface area contributed by atoms with Gasteiger partial charge in [-0.1, -0.05) is 6.07 Å². The second-order valence-corrected chi connectivity index (χ2v) is 7.92. The molecule has 20 heavy (non-hydrogen) atoms. The Morgan fingerprint density at radius 2 is 2.05 bits per heavy atom. The van der Waals surface area contributed by atoms with Crippen LogP contribution in [0.3, 0.4) is 0 Å². The molecule has 1 amide bonds. The zero-order chi connectivity index (χ0) is 15.2. The summed E-state index contributed by atoms with van der Waals surface area (Å²) in [5, 5.41) is 4.41. The van der Waals surface area contributed by atoms with E-state index in [2.05, 4.69) is 5.32 Å². The molecule has 0 fully saturated rings. The van der Waals surface area contributed by atoms with Crippen molar-refractivity contribution in [1.29, 1.82) is 0 Å². The summed E-state index contributed by atoms with van der Waals surface area (Å²) in [6.45, 7) is 1.26. The highest BCUT2D eigenvalue weighted by Crippen LogP contribution is 2.19. The van der Waals surface area contributed by atoms with Crippen molar-refractivity contribution in [3.63, 3.8) is 0 Å². The number of hydrogen-bond acceptors (Lipinski definition) is 5. The highest BCUT2D eigenvalue weighted by Gasteiger charge is 2.23. The molecule has 8 heteroatoms. The summed E-state index contributed by atoms with van der Waals surface area (Å²) in [6.07, 6.45) is 0.833. The van der Waals surface area contributed by atoms with E-state index < -0.39 is 10.0 Å². The number of thiophene rings is 1. The molecule has 0 bridgehead atoms. The second kappa shape index (κ2) is 7.72. The Labute approximate surface area is 124 Å². The van der Waals surface area contributed by atoms with E-state index in [9.17, 15) is 13.2 Å². The molecule has 0 spiro atoms. The van der Waals surface area contributed by atoms with Crippen LogP contribution >= 0.6 is 11.3 Å². The van der Waals surface area contributed by atoms with Crippen LogP contribution in [-0.2, 0) is 14.8 Å². The molecule has 1 aromatic heterocycles. The molecule has 0 unspecified atom stereocenters. The first-order chi connectivity index (χ1) is 9.34. The van der Waals surface area contributed by atoms with Gasteiger partial charge in [-0.25, -0.2) is 8.42 Å². The first kappa shape index (κ1) is 17.1. The molecule has 0 aliphatic heterocycles. The van der Waals surface area contributed by atoms with Crippen LogP contribution in [0.4, 0.5) is 0 Å². The predicted octanol–water partition coefficient (Wildman–Crippen LogP) is 0.436. The minimum atomic E-state index is -3.55. The minimum absolute atomic E-state index is 0.164. The highest BCUT2D eigenvalue weighted by atomic mass is 32.2. The number of rotatable bonds is 8. The van der Waals surface area contributed by atoms with E-state index in [-0.39, 0.29) is 16.7 Å². The largest absolute Gasteiger partial charge is 0.355 e. The van der Waals surface area contributed by atoms with Crippen molar-refractivity contribution in [2.45, 2.75) is 10.6 Å². The molecule has 1 N–H and O–H groups in total. The summed E-state index contributed by atoms with van der Waals surface area (Å²) in [4.78, 5) is 13.7. The van der Waals surface area contributed by atoms with Gasteiger partial charge in [0.25, 0.3) is 10.0 Å². The third-order valence-electron chi connectivity index (χ3n) is 2.63. The summed E-state index contributed by atoms with van der Waals surface area (Å²) in [6, 6.07) is 3.21. The van der Waals surface area contributed by atoms with E-state index in [1.807, 2.05) is 19.0 Å². The molecule has 0 saturated heterocycles. The van der Waals surface area contributed by atoms with Crippen molar-refractivity contribution < 1.29 is 13.2 Å². The van der Waals surface area contributed by atoms with Crippen LogP contribution < -0.4 is 5.32 Å². The van der Waals surface area contributed by atoms with Gasteiger partial charge < -0.3 is 10.2 Å². The van der Waals surface area contributed by atoms with E-state index in [0.29, 0.717) is 6.54 Å². The molecule has 0 aliphatic carbocycles. The highest BCUT2D eigenvalue weighted by molar-refractivity contribution is 7.91. The topological polar surface area (TPSA) is 69.7 Å². The normalized spacial score (nSPS) is 12.1. The summed E-state index contributed by atoms with van der Waals surface area (Å²) in [7, 11) is 1.78. The van der Waals surface area contributed by atoms with Crippen molar-refractivity contribution >= 4 is 27.3 Å². The van der Waals surface area contributed by atoms with Gasteiger partial charge in [-0.15, -0.1) is 11.3 Å². The minimum Gasteiger partial charge on any atom is -0.355 e. The van der Waals surface area contributed by atoms with Crippen LogP contribution in [0.15, 0.2) is 21.7 Å². The zero-order valence-electron chi connectivity index (χ0n) is 12.0. The lowest BCUT2D eigenvalue weighted by Gasteiger charge is -2.16. The van der Waals surface area contributed by atoms with Crippen LogP contribution in [0.2, 0.25) is 0 Å². The molecule has 114 valence electrons. The number of amides is 1. The summed E-state index contributed by atoms with van der Waals surface area (Å²) in [5.41, 5.74) is 0. The van der Waals surface area contributed by atoms with Crippen molar-refractivity contribution in [2.24, 2.45) is 0 Å². The molecule has 0 aromatic carbocycles. The van der Waals surface area contributed by atoms with Gasteiger partial charge in [-0.05, 0) is 38.5 Å². The van der Waals surface area contributed by atoms with E-state index in [0.717, 1.165) is 28.6 Å². The summed E-state index contributed by atoms with van der Waals surface area (Å²) < 4.78 is 25.5. The molecule has 0 saturated carbocycles. The molecule has 0 atom stereocenters. The average Bonchev–Trinajstić information content (AvgIpc) is 2.88. The van der Waals surface area contributed by atoms with E-state index in [1.165, 1.54) is 13.1 Å². The Bertz CT molecular complexity index is 512. The summed E-state index contributed by atoms with van der Waals surface area (Å²) in [5.74, 6) is -0.286. The standard InChI is InChI=1S/C12H21N3O3S2/c1-14(2)8-5-7-13-11(16)10-15(3)20(17,18)12-6-4-9-19-12/h4,6,9H,5,7-8,10H2,1-3H3,(H,13,16). The fourth-order valence-corrected chi connectivity index (χ4v) is 3.86. The van der Waals surface area contributed by atoms with Gasteiger partial charge in [0, 0.05) is 13.6 Å². The maximum atomic E-state index is 12.1. The van der Waals surface area contributed by atoms with E-state index >= 15 is 0 Å². The first-order valence-corrected chi connectivity index (χ1v) is 8.57. The van der Waals surface area contributed by atoms with Crippen molar-refractivity contribution in [1.82, 2.24) is 14.5 Å². The number of hydrogen-bond donors (Lipinski definition) is 1. The van der Waals surface area contributed by atoms with E-state index in [1.54, 1.807) is 11.4 Å². The predicted molar refractivity (Wildman–Crippen MR) is 80.3 cm³/mol. The fourth-order valence-electron chi connectivity index (χ4n) is 1.53. The van der Waals surface area contributed by atoms with Gasteiger partial charge in [-0.3, -0.25) is 4.79 Å². The van der Waals surface area contributed by atoms with Crippen LogP contribution in [0.25, 0.3) is 0 Å². The van der Waals surface area contributed by atoms with Gasteiger partial charge in [0.2, 0.25) is 5.91 Å². The lowest BCUT2D eigenvalue weighted by Crippen LogP contribution is -2.38. The van der Waals surface area contributed by atoms with Crippen LogP contribution in [0.5, 0.6) is 0 Å². The fraction of sp³-hybridized carbons (Fsp3) is 0.583. The number of likely N-dealkylation sites (N-methyl/N-ethyl adjacent to an activating group) is 1. The third-order valence-corrected chi connectivity index (χ3v) is 5.81. The molecule has 0 radical (unpaired) electrons. The monoisotopic (exact) mass is 319 g/mol. The number of carbonyl (C=O) groups excluding carboxylic acids is 1. The maximum absolute atomic E-state index is 12.1. The van der Waals surface area contributed by atoms with Gasteiger partial charge >= 0.3 is 0 Å². The molecular weight excluding hydrogens is 298 g/mol. The Kier molecular flexibility index (Phi) is 6.60. The molecular formula is C12H21N3O3S2. The van der Waals surface area contributed by atoms with Gasteiger partial charge in [0.05, 0.1) is 6.54 Å². The average molecular weight is 319 g/mol. The number of nitrogens with one attached hydrogen (secondary N) is 1. The van der Waals surface area contributed by atoms with Gasteiger partial charge in [-0.2, -0.15) is 4.31 Å². The van der Waals surface area contributed by atoms with Crippen LogP contribution in [0.1, 0.15) is 6.42 Å². The SMILES string of the molecule is CN(C)CCCNC(=O)CN(C)S(=O)(=O)c1cccs1. The summed E-state index contributed by atoms with van der Waals surface area (Å²) >= 11 is 1.14. The number of sulfonamides is 1. The molecule has 1 rings (SSSR count). The zero-order valence-corrected chi connectivity index (χ0v) is 13.6. The van der Waals surface area contributed by atoms with Crippen molar-refractivity contribution in [3.8, 4) is 0 Å². The quantitative estimate of drug-likeness (QED) is 0.706. The Hall–Kier alpha value is -0.960. The number of nitrogens with zero attached hydrogens (tertiary/aromatic N) is 2. The molecule has 0 aliphatic rings. The van der Waals surface area contributed by atoms with E-state index in [4.69, 9.17) is 0 Å². The Morgan fingerprint density at radius 1 is 1.35 bits per heavy atom. The van der Waals surface area contributed by atoms with Gasteiger partial charge in [0.1, 0.15) is 4.21 Å². The molecule has 1 aromatic rings. The van der Waals surface area contributed by atoms with Crippen molar-refractivity contribution in [2.75, 3.05) is 40.8 Å². The molecule has 6 nitrogen and oxygen atoms in total. The molecule has 1 heterocycles. The Morgan fingerprint density at radius 3 is 2.60 bits per heavy atom. The lowest BCUT2D eigenvalue weighted by molar-refractivity contribution is -0.121. The Balaban J connectivity index is 2.42. The first-order valence-electron chi connectivity index (χ1n) is 6.25. The second-order valence-electron chi connectivity index (χ2n) is 4.70. The van der Waals surface area contributed by atoms with Crippen LogP contribution in [0, 0.1) is 0 Å². The maximum Gasteiger partial charge on any atom is 0.252 e.